The fourth-order valence-electron chi connectivity index (χ4n) is 3.01. The van der Waals surface area contributed by atoms with E-state index in [1.54, 1.807) is 28.7 Å². The summed E-state index contributed by atoms with van der Waals surface area (Å²) in [4.78, 5) is 16.4. The third kappa shape index (κ3) is 4.13. The number of hydrogen-bond acceptors (Lipinski definition) is 4. The highest BCUT2D eigenvalue weighted by molar-refractivity contribution is 9.10. The maximum Gasteiger partial charge on any atom is 0.257 e. The summed E-state index contributed by atoms with van der Waals surface area (Å²) in [6, 6.07) is 7.95. The Morgan fingerprint density at radius 3 is 2.62 bits per heavy atom. The molecule has 3 rings (SSSR count). The molecule has 1 aromatic carbocycles. The molecular formula is C18H20BrN3O3S. The summed E-state index contributed by atoms with van der Waals surface area (Å²) in [6.45, 7) is 2.50. The molecule has 0 bridgehead atoms. The van der Waals surface area contributed by atoms with Gasteiger partial charge in [0.25, 0.3) is 5.91 Å². The molecule has 1 amide bonds. The second kappa shape index (κ2) is 7.85. The number of aromatic nitrogens is 1. The molecule has 8 heteroatoms. The summed E-state index contributed by atoms with van der Waals surface area (Å²) in [5, 5.41) is 2.74. The van der Waals surface area contributed by atoms with Crippen molar-refractivity contribution in [2.45, 2.75) is 37.1 Å². The normalized spacial score (nSPS) is 18.5. The van der Waals surface area contributed by atoms with Crippen molar-refractivity contribution in [3.8, 4) is 0 Å². The van der Waals surface area contributed by atoms with Crippen LogP contribution in [0.2, 0.25) is 0 Å². The monoisotopic (exact) mass is 437 g/mol. The molecule has 1 fully saturated rings. The topological polar surface area (TPSA) is 79.4 Å². The van der Waals surface area contributed by atoms with Crippen LogP contribution in [0.4, 0.5) is 5.69 Å². The molecule has 1 aliphatic rings. The number of anilines is 1. The van der Waals surface area contributed by atoms with Gasteiger partial charge in [-0.1, -0.05) is 6.42 Å². The summed E-state index contributed by atoms with van der Waals surface area (Å²) in [5.74, 6) is -0.306. The van der Waals surface area contributed by atoms with Crippen molar-refractivity contribution in [3.63, 3.8) is 0 Å². The Balaban J connectivity index is 1.75. The number of pyridine rings is 1. The van der Waals surface area contributed by atoms with E-state index in [1.165, 1.54) is 18.3 Å². The Hall–Kier alpha value is -1.77. The molecule has 1 aromatic heterocycles. The van der Waals surface area contributed by atoms with Crippen LogP contribution in [-0.2, 0) is 10.0 Å². The van der Waals surface area contributed by atoms with Crippen molar-refractivity contribution < 1.29 is 13.2 Å². The standard InChI is InChI=1S/C18H20BrN3O3S/c1-13-4-2-3-9-22(13)26(24,25)17-7-5-16(6-8-17)21-18(23)14-10-15(19)12-20-11-14/h5-8,10-13H,2-4,9H2,1H3,(H,21,23)/t13-/m0/s1. The number of hydrogen-bond donors (Lipinski definition) is 1. The Morgan fingerprint density at radius 2 is 1.96 bits per heavy atom. The molecule has 6 nitrogen and oxygen atoms in total. The van der Waals surface area contributed by atoms with E-state index in [2.05, 4.69) is 26.2 Å². The molecule has 2 aromatic rings. The number of benzene rings is 1. The summed E-state index contributed by atoms with van der Waals surface area (Å²) in [7, 11) is -3.51. The molecule has 0 saturated carbocycles. The van der Waals surface area contributed by atoms with Crippen LogP contribution in [0.3, 0.4) is 0 Å². The van der Waals surface area contributed by atoms with Gasteiger partial charge in [-0.05, 0) is 66.0 Å². The predicted molar refractivity (Wildman–Crippen MR) is 104 cm³/mol. The van der Waals surface area contributed by atoms with Crippen molar-refractivity contribution >= 4 is 37.5 Å². The van der Waals surface area contributed by atoms with Crippen molar-refractivity contribution in [1.29, 1.82) is 0 Å². The number of carbonyl (C=O) groups is 1. The van der Waals surface area contributed by atoms with Crippen molar-refractivity contribution in [2.75, 3.05) is 11.9 Å². The molecule has 1 N–H and O–H groups in total. The molecular weight excluding hydrogens is 418 g/mol. The Kier molecular flexibility index (Phi) is 5.74. The lowest BCUT2D eigenvalue weighted by Crippen LogP contribution is -2.41. The van der Waals surface area contributed by atoms with E-state index < -0.39 is 10.0 Å². The minimum absolute atomic E-state index is 0.0113. The maximum absolute atomic E-state index is 12.8. The molecule has 1 atom stereocenters. The quantitative estimate of drug-likeness (QED) is 0.790. The van der Waals surface area contributed by atoms with Gasteiger partial charge in [0, 0.05) is 35.1 Å². The zero-order chi connectivity index (χ0) is 18.7. The van der Waals surface area contributed by atoms with Crippen LogP contribution < -0.4 is 5.32 Å². The minimum atomic E-state index is -3.51. The molecule has 0 spiro atoms. The number of carbonyl (C=O) groups excluding carboxylic acids is 1. The zero-order valence-corrected chi connectivity index (χ0v) is 16.8. The van der Waals surface area contributed by atoms with Crippen LogP contribution in [0.1, 0.15) is 36.5 Å². The number of sulfonamides is 1. The van der Waals surface area contributed by atoms with Gasteiger partial charge in [0.1, 0.15) is 0 Å². The third-order valence-corrected chi connectivity index (χ3v) is 6.89. The first-order valence-electron chi connectivity index (χ1n) is 8.42. The first-order valence-corrected chi connectivity index (χ1v) is 10.6. The fraction of sp³-hybridized carbons (Fsp3) is 0.333. The van der Waals surface area contributed by atoms with E-state index in [0.717, 1.165) is 19.3 Å². The van der Waals surface area contributed by atoms with E-state index in [4.69, 9.17) is 0 Å². The lowest BCUT2D eigenvalue weighted by Gasteiger charge is -2.32. The molecule has 0 unspecified atom stereocenters. The van der Waals surface area contributed by atoms with E-state index in [9.17, 15) is 13.2 Å². The average Bonchev–Trinajstić information content (AvgIpc) is 2.62. The van der Waals surface area contributed by atoms with Gasteiger partial charge in [0.05, 0.1) is 10.5 Å². The third-order valence-electron chi connectivity index (χ3n) is 4.43. The van der Waals surface area contributed by atoms with Gasteiger partial charge in [0.2, 0.25) is 10.0 Å². The number of rotatable bonds is 4. The lowest BCUT2D eigenvalue weighted by atomic mass is 10.1. The van der Waals surface area contributed by atoms with Crippen LogP contribution in [0.15, 0.2) is 52.1 Å². The van der Waals surface area contributed by atoms with Gasteiger partial charge in [-0.3, -0.25) is 9.78 Å². The molecule has 0 aliphatic carbocycles. The second-order valence-electron chi connectivity index (χ2n) is 6.33. The van der Waals surface area contributed by atoms with Crippen LogP contribution in [0.25, 0.3) is 0 Å². The summed E-state index contributed by atoms with van der Waals surface area (Å²) in [5.41, 5.74) is 0.943. The smallest absolute Gasteiger partial charge is 0.257 e. The van der Waals surface area contributed by atoms with Gasteiger partial charge in [-0.15, -0.1) is 0 Å². The highest BCUT2D eigenvalue weighted by Gasteiger charge is 2.30. The van der Waals surface area contributed by atoms with Gasteiger partial charge in [0.15, 0.2) is 0 Å². The highest BCUT2D eigenvalue weighted by atomic mass is 79.9. The van der Waals surface area contributed by atoms with Crippen LogP contribution in [-0.4, -0.2) is 36.2 Å². The fourth-order valence-corrected chi connectivity index (χ4v) is 5.08. The van der Waals surface area contributed by atoms with Crippen molar-refractivity contribution in [2.24, 2.45) is 0 Å². The Bertz CT molecular complexity index is 900. The maximum atomic E-state index is 12.8. The molecule has 2 heterocycles. The molecule has 26 heavy (non-hydrogen) atoms. The highest BCUT2D eigenvalue weighted by Crippen LogP contribution is 2.26. The average molecular weight is 438 g/mol. The lowest BCUT2D eigenvalue weighted by molar-refractivity contribution is 0.102. The van der Waals surface area contributed by atoms with Gasteiger partial charge >= 0.3 is 0 Å². The number of piperidine rings is 1. The predicted octanol–water partition coefficient (Wildman–Crippen LogP) is 3.66. The number of nitrogens with zero attached hydrogens (tertiary/aromatic N) is 2. The summed E-state index contributed by atoms with van der Waals surface area (Å²) >= 11 is 3.28. The molecule has 0 radical (unpaired) electrons. The van der Waals surface area contributed by atoms with Gasteiger partial charge in [-0.2, -0.15) is 4.31 Å². The second-order valence-corrected chi connectivity index (χ2v) is 9.14. The summed E-state index contributed by atoms with van der Waals surface area (Å²) in [6.07, 6.45) is 5.89. The van der Waals surface area contributed by atoms with Crippen LogP contribution in [0.5, 0.6) is 0 Å². The first kappa shape index (κ1) is 19.0. The van der Waals surface area contributed by atoms with Crippen LogP contribution in [0, 0.1) is 0 Å². The first-order chi connectivity index (χ1) is 12.4. The number of halogens is 1. The van der Waals surface area contributed by atoms with Gasteiger partial charge in [-0.25, -0.2) is 8.42 Å². The molecule has 138 valence electrons. The Labute approximate surface area is 161 Å². The molecule has 1 aliphatic heterocycles. The SMILES string of the molecule is C[C@H]1CCCCN1S(=O)(=O)c1ccc(NC(=O)c2cncc(Br)c2)cc1. The minimum Gasteiger partial charge on any atom is -0.322 e. The number of amides is 1. The Morgan fingerprint density at radius 1 is 1.23 bits per heavy atom. The zero-order valence-electron chi connectivity index (χ0n) is 14.4. The van der Waals surface area contributed by atoms with Crippen molar-refractivity contribution in [3.05, 3.63) is 52.8 Å². The summed E-state index contributed by atoms with van der Waals surface area (Å²) < 4.78 is 27.9. The largest absolute Gasteiger partial charge is 0.322 e. The van der Waals surface area contributed by atoms with Gasteiger partial charge < -0.3 is 5.32 Å². The van der Waals surface area contributed by atoms with Crippen molar-refractivity contribution in [1.82, 2.24) is 9.29 Å². The van der Waals surface area contributed by atoms with E-state index >= 15 is 0 Å². The van der Waals surface area contributed by atoms with E-state index in [0.29, 0.717) is 22.3 Å². The number of nitrogens with one attached hydrogen (secondary N) is 1. The van der Waals surface area contributed by atoms with Crippen LogP contribution >= 0.6 is 15.9 Å². The van der Waals surface area contributed by atoms with E-state index in [-0.39, 0.29) is 16.8 Å². The van der Waals surface area contributed by atoms with E-state index in [1.807, 2.05) is 6.92 Å². The molecule has 1 saturated heterocycles.